The maximum Gasteiger partial charge on any atom is 0.234 e. The van der Waals surface area contributed by atoms with Gasteiger partial charge in [0, 0.05) is 51.9 Å². The molecule has 1 aliphatic carbocycles. The Hall–Kier alpha value is -0.690. The van der Waals surface area contributed by atoms with Gasteiger partial charge < -0.3 is 20.9 Å². The van der Waals surface area contributed by atoms with Crippen LogP contribution in [0.25, 0.3) is 0 Å². The zero-order chi connectivity index (χ0) is 15.2. The molecule has 1 amide bonds. The van der Waals surface area contributed by atoms with Gasteiger partial charge in [0.25, 0.3) is 0 Å². The summed E-state index contributed by atoms with van der Waals surface area (Å²) >= 11 is 0. The number of amides is 1. The number of hydrogen-bond acceptors (Lipinski definition) is 5. The lowest BCUT2D eigenvalue weighted by Crippen LogP contribution is -2.50. The summed E-state index contributed by atoms with van der Waals surface area (Å²) in [6, 6.07) is 0.384. The van der Waals surface area contributed by atoms with Crippen molar-refractivity contribution in [3.63, 3.8) is 0 Å². The second-order valence-electron chi connectivity index (χ2n) is 6.67. The molecule has 1 unspecified atom stereocenters. The number of likely N-dealkylation sites (N-methyl/N-ethyl adjacent to an activating group) is 1. The summed E-state index contributed by atoms with van der Waals surface area (Å²) in [5.41, 5.74) is 5.49. The number of rotatable bonds is 9. The number of primary amides is 1. The smallest absolute Gasteiger partial charge is 0.234 e. The van der Waals surface area contributed by atoms with E-state index in [4.69, 9.17) is 5.73 Å². The fourth-order valence-electron chi connectivity index (χ4n) is 2.73. The minimum absolute atomic E-state index is 0.149. The number of piperazine rings is 1. The van der Waals surface area contributed by atoms with Crippen molar-refractivity contribution in [3.05, 3.63) is 0 Å². The molecule has 0 aromatic rings. The first-order valence-electron chi connectivity index (χ1n) is 8.19. The van der Waals surface area contributed by atoms with Crippen molar-refractivity contribution >= 4 is 5.91 Å². The molecule has 2 rings (SSSR count). The summed E-state index contributed by atoms with van der Waals surface area (Å²) < 4.78 is 0. The number of carbonyl (C=O) groups excluding carboxylic acids is 1. The Morgan fingerprint density at radius 3 is 2.24 bits per heavy atom. The van der Waals surface area contributed by atoms with Crippen LogP contribution in [-0.2, 0) is 4.79 Å². The van der Waals surface area contributed by atoms with Crippen molar-refractivity contribution in [2.45, 2.75) is 31.3 Å². The summed E-state index contributed by atoms with van der Waals surface area (Å²) in [5.74, 6) is -0.202. The molecule has 2 aliphatic rings. The molecule has 6 nitrogen and oxygen atoms in total. The molecule has 3 N–H and O–H groups in total. The van der Waals surface area contributed by atoms with E-state index in [1.807, 2.05) is 0 Å². The Labute approximate surface area is 128 Å². The molecule has 122 valence electrons. The van der Waals surface area contributed by atoms with Gasteiger partial charge in [0.05, 0.1) is 6.04 Å². The van der Waals surface area contributed by atoms with Crippen LogP contribution >= 0.6 is 0 Å². The van der Waals surface area contributed by atoms with Crippen molar-refractivity contribution in [2.24, 2.45) is 5.73 Å². The Bertz CT molecular complexity index is 324. The highest BCUT2D eigenvalue weighted by molar-refractivity contribution is 5.79. The summed E-state index contributed by atoms with van der Waals surface area (Å²) in [4.78, 5) is 18.7. The molecule has 0 aromatic carbocycles. The lowest BCUT2D eigenvalue weighted by atomic mass is 10.1. The third kappa shape index (κ3) is 6.30. The predicted octanol–water partition coefficient (Wildman–Crippen LogP) is -0.838. The largest absolute Gasteiger partial charge is 0.368 e. The number of nitrogens with zero attached hydrogens (tertiary/aromatic N) is 3. The average molecular weight is 297 g/mol. The number of nitrogens with one attached hydrogen (secondary N) is 1. The van der Waals surface area contributed by atoms with Crippen molar-refractivity contribution in [1.82, 2.24) is 20.0 Å². The lowest BCUT2D eigenvalue weighted by molar-refractivity contribution is -0.120. The molecule has 1 atom stereocenters. The summed E-state index contributed by atoms with van der Waals surface area (Å²) in [5, 5.41) is 3.35. The van der Waals surface area contributed by atoms with Crippen molar-refractivity contribution < 1.29 is 4.79 Å². The van der Waals surface area contributed by atoms with Gasteiger partial charge in [-0.1, -0.05) is 0 Å². The van der Waals surface area contributed by atoms with Gasteiger partial charge in [-0.3, -0.25) is 9.69 Å². The summed E-state index contributed by atoms with van der Waals surface area (Å²) in [6.45, 7) is 7.69. The molecule has 1 saturated carbocycles. The summed E-state index contributed by atoms with van der Waals surface area (Å²) in [7, 11) is 4.24. The van der Waals surface area contributed by atoms with Crippen LogP contribution < -0.4 is 11.1 Å². The van der Waals surface area contributed by atoms with Gasteiger partial charge in [0.15, 0.2) is 0 Å². The molecule has 0 bridgehead atoms. The first-order valence-corrected chi connectivity index (χ1v) is 8.19. The Balaban J connectivity index is 1.62. The van der Waals surface area contributed by atoms with Gasteiger partial charge in [0.2, 0.25) is 5.91 Å². The van der Waals surface area contributed by atoms with E-state index in [9.17, 15) is 4.79 Å². The topological polar surface area (TPSA) is 64.8 Å². The van der Waals surface area contributed by atoms with Gasteiger partial charge in [-0.2, -0.15) is 0 Å². The zero-order valence-electron chi connectivity index (χ0n) is 13.6. The van der Waals surface area contributed by atoms with E-state index >= 15 is 0 Å². The molecule has 1 aliphatic heterocycles. The second kappa shape index (κ2) is 8.08. The minimum atomic E-state index is -0.202. The van der Waals surface area contributed by atoms with Crippen LogP contribution in [0.4, 0.5) is 0 Å². The minimum Gasteiger partial charge on any atom is -0.368 e. The van der Waals surface area contributed by atoms with E-state index < -0.39 is 0 Å². The van der Waals surface area contributed by atoms with E-state index in [0.717, 1.165) is 52.2 Å². The summed E-state index contributed by atoms with van der Waals surface area (Å²) in [6.07, 6.45) is 3.21. The van der Waals surface area contributed by atoms with Gasteiger partial charge in [-0.15, -0.1) is 0 Å². The Morgan fingerprint density at radius 1 is 1.19 bits per heavy atom. The maximum atomic E-state index is 11.5. The maximum absolute atomic E-state index is 11.5. The van der Waals surface area contributed by atoms with E-state index in [1.54, 1.807) is 0 Å². The number of nitrogens with two attached hydrogens (primary N) is 1. The molecule has 2 fully saturated rings. The van der Waals surface area contributed by atoms with Crippen molar-refractivity contribution in [1.29, 1.82) is 0 Å². The molecule has 0 radical (unpaired) electrons. The van der Waals surface area contributed by atoms with Crippen molar-refractivity contribution in [3.8, 4) is 0 Å². The van der Waals surface area contributed by atoms with Gasteiger partial charge in [-0.05, 0) is 33.4 Å². The third-order valence-electron chi connectivity index (χ3n) is 4.42. The molecular formula is C15H31N5O. The molecule has 6 heteroatoms. The first-order chi connectivity index (χ1) is 10.0. The molecule has 1 heterocycles. The Kier molecular flexibility index (Phi) is 6.41. The first kappa shape index (κ1) is 16.7. The average Bonchev–Trinajstić information content (AvgIpc) is 3.26. The zero-order valence-corrected chi connectivity index (χ0v) is 13.6. The standard InChI is InChI=1S/C15H31N5O/c1-18(2)7-8-20-11-9-19(10-12-20)6-5-14(15(16)21)17-13-3-4-13/h13-14,17H,3-12H2,1-2H3,(H2,16,21). The third-order valence-corrected chi connectivity index (χ3v) is 4.42. The fourth-order valence-corrected chi connectivity index (χ4v) is 2.73. The lowest BCUT2D eigenvalue weighted by Gasteiger charge is -2.35. The normalized spacial score (nSPS) is 22.6. The molecular weight excluding hydrogens is 266 g/mol. The number of hydrogen-bond donors (Lipinski definition) is 2. The fraction of sp³-hybridized carbons (Fsp3) is 0.933. The van der Waals surface area contributed by atoms with Crippen LogP contribution in [0.5, 0.6) is 0 Å². The molecule has 0 aromatic heterocycles. The molecule has 1 saturated heterocycles. The van der Waals surface area contributed by atoms with Crippen LogP contribution in [-0.4, -0.2) is 92.6 Å². The number of carbonyl (C=O) groups is 1. The van der Waals surface area contributed by atoms with E-state index in [0.29, 0.717) is 6.04 Å². The molecule has 21 heavy (non-hydrogen) atoms. The van der Waals surface area contributed by atoms with E-state index in [1.165, 1.54) is 12.8 Å². The van der Waals surface area contributed by atoms with Crippen LogP contribution in [0.15, 0.2) is 0 Å². The van der Waals surface area contributed by atoms with Crippen LogP contribution in [0.2, 0.25) is 0 Å². The second-order valence-corrected chi connectivity index (χ2v) is 6.67. The van der Waals surface area contributed by atoms with Crippen LogP contribution in [0.3, 0.4) is 0 Å². The SMILES string of the molecule is CN(C)CCN1CCN(CCC(NC2CC2)C(N)=O)CC1. The van der Waals surface area contributed by atoms with Crippen LogP contribution in [0, 0.1) is 0 Å². The van der Waals surface area contributed by atoms with E-state index in [-0.39, 0.29) is 11.9 Å². The van der Waals surface area contributed by atoms with Crippen molar-refractivity contribution in [2.75, 3.05) is 59.9 Å². The molecule has 0 spiro atoms. The highest BCUT2D eigenvalue weighted by atomic mass is 16.1. The highest BCUT2D eigenvalue weighted by Crippen LogP contribution is 2.20. The van der Waals surface area contributed by atoms with Gasteiger partial charge >= 0.3 is 0 Å². The van der Waals surface area contributed by atoms with Crippen LogP contribution in [0.1, 0.15) is 19.3 Å². The predicted molar refractivity (Wildman–Crippen MR) is 85.2 cm³/mol. The van der Waals surface area contributed by atoms with Gasteiger partial charge in [-0.25, -0.2) is 0 Å². The quantitative estimate of drug-likeness (QED) is 0.581. The van der Waals surface area contributed by atoms with Gasteiger partial charge in [0.1, 0.15) is 0 Å². The Morgan fingerprint density at radius 2 is 1.76 bits per heavy atom. The van der Waals surface area contributed by atoms with E-state index in [2.05, 4.69) is 34.1 Å². The highest BCUT2D eigenvalue weighted by Gasteiger charge is 2.27. The monoisotopic (exact) mass is 297 g/mol.